The molecule has 1 amide bonds. The maximum Gasteiger partial charge on any atom is 0.255 e. The van der Waals surface area contributed by atoms with Crippen molar-refractivity contribution < 1.29 is 13.2 Å². The van der Waals surface area contributed by atoms with Crippen molar-refractivity contribution in [1.82, 2.24) is 4.31 Å². The number of sulfonamides is 1. The summed E-state index contributed by atoms with van der Waals surface area (Å²) in [5.74, 6) is -0.383. The number of hydrogen-bond donors (Lipinski definition) is 1. The van der Waals surface area contributed by atoms with E-state index in [1.54, 1.807) is 19.9 Å². The highest BCUT2D eigenvalue weighted by Crippen LogP contribution is 2.26. The van der Waals surface area contributed by atoms with Crippen LogP contribution in [-0.2, 0) is 16.4 Å². The van der Waals surface area contributed by atoms with Gasteiger partial charge in [-0.1, -0.05) is 44.5 Å². The number of rotatable bonds is 7. The first-order valence-electron chi connectivity index (χ1n) is 8.53. The van der Waals surface area contributed by atoms with Gasteiger partial charge in [-0.05, 0) is 42.3 Å². The third kappa shape index (κ3) is 4.44. The third-order valence-electron chi connectivity index (χ3n) is 4.11. The monoisotopic (exact) mass is 394 g/mol. The largest absolute Gasteiger partial charge is 0.322 e. The van der Waals surface area contributed by atoms with Crippen LogP contribution in [0.1, 0.15) is 36.7 Å². The molecule has 0 saturated carbocycles. The fraction of sp³-hybridized carbons (Fsp3) is 0.316. The van der Waals surface area contributed by atoms with E-state index in [-0.39, 0.29) is 21.4 Å². The topological polar surface area (TPSA) is 66.5 Å². The Bertz CT molecular complexity index is 893. The number of halogens is 1. The second-order valence-electron chi connectivity index (χ2n) is 5.74. The van der Waals surface area contributed by atoms with E-state index in [0.717, 1.165) is 12.0 Å². The van der Waals surface area contributed by atoms with Crippen molar-refractivity contribution in [3.8, 4) is 0 Å². The normalized spacial score (nSPS) is 11.6. The van der Waals surface area contributed by atoms with Crippen molar-refractivity contribution in [3.05, 3.63) is 58.6 Å². The maximum atomic E-state index is 12.7. The van der Waals surface area contributed by atoms with E-state index in [4.69, 9.17) is 11.6 Å². The smallest absolute Gasteiger partial charge is 0.255 e. The molecule has 26 heavy (non-hydrogen) atoms. The van der Waals surface area contributed by atoms with Gasteiger partial charge in [0.05, 0.1) is 5.02 Å². The second kappa shape index (κ2) is 8.66. The minimum atomic E-state index is -3.75. The third-order valence-corrected chi connectivity index (χ3v) is 6.64. The molecule has 0 bridgehead atoms. The van der Waals surface area contributed by atoms with Gasteiger partial charge in [-0.2, -0.15) is 4.31 Å². The van der Waals surface area contributed by atoms with E-state index in [2.05, 4.69) is 5.32 Å². The Balaban J connectivity index is 2.35. The van der Waals surface area contributed by atoms with E-state index < -0.39 is 10.0 Å². The van der Waals surface area contributed by atoms with Crippen molar-refractivity contribution in [2.24, 2.45) is 0 Å². The predicted molar refractivity (Wildman–Crippen MR) is 105 cm³/mol. The molecule has 0 aliphatic rings. The summed E-state index contributed by atoms with van der Waals surface area (Å²) in [7, 11) is -3.75. The minimum Gasteiger partial charge on any atom is -0.322 e. The summed E-state index contributed by atoms with van der Waals surface area (Å²) in [6.45, 7) is 6.20. The van der Waals surface area contributed by atoms with Crippen molar-refractivity contribution in [2.75, 3.05) is 18.4 Å². The van der Waals surface area contributed by atoms with E-state index in [1.165, 1.54) is 22.5 Å². The molecule has 0 unspecified atom stereocenters. The lowest BCUT2D eigenvalue weighted by Crippen LogP contribution is -2.31. The van der Waals surface area contributed by atoms with Gasteiger partial charge in [-0.3, -0.25) is 4.79 Å². The lowest BCUT2D eigenvalue weighted by atomic mass is 10.1. The zero-order chi connectivity index (χ0) is 19.3. The molecule has 0 atom stereocenters. The number of nitrogens with one attached hydrogen (secondary N) is 1. The van der Waals surface area contributed by atoms with Crippen molar-refractivity contribution in [1.29, 1.82) is 0 Å². The number of amides is 1. The number of benzene rings is 2. The van der Waals surface area contributed by atoms with Crippen LogP contribution >= 0.6 is 11.6 Å². The van der Waals surface area contributed by atoms with E-state index >= 15 is 0 Å². The summed E-state index contributed by atoms with van der Waals surface area (Å²) >= 11 is 6.11. The Morgan fingerprint density at radius 2 is 1.77 bits per heavy atom. The van der Waals surface area contributed by atoms with Crippen LogP contribution in [0.3, 0.4) is 0 Å². The Morgan fingerprint density at radius 3 is 2.38 bits per heavy atom. The van der Waals surface area contributed by atoms with Crippen LogP contribution < -0.4 is 5.32 Å². The molecule has 0 spiro atoms. The first-order chi connectivity index (χ1) is 12.3. The molecule has 0 aliphatic carbocycles. The number of carbonyl (C=O) groups is 1. The van der Waals surface area contributed by atoms with Crippen LogP contribution in [0.25, 0.3) is 0 Å². The van der Waals surface area contributed by atoms with Crippen LogP contribution in [-0.4, -0.2) is 31.7 Å². The summed E-state index contributed by atoms with van der Waals surface area (Å²) in [4.78, 5) is 12.5. The van der Waals surface area contributed by atoms with E-state index in [0.29, 0.717) is 18.8 Å². The minimum absolute atomic E-state index is 0.0576. The molecule has 1 N–H and O–H groups in total. The molecule has 2 aromatic rings. The highest BCUT2D eigenvalue weighted by Gasteiger charge is 2.25. The van der Waals surface area contributed by atoms with Gasteiger partial charge in [-0.25, -0.2) is 8.42 Å². The summed E-state index contributed by atoms with van der Waals surface area (Å²) in [5.41, 5.74) is 2.00. The highest BCUT2D eigenvalue weighted by atomic mass is 35.5. The van der Waals surface area contributed by atoms with E-state index in [1.807, 2.05) is 25.1 Å². The summed E-state index contributed by atoms with van der Waals surface area (Å²) in [5, 5.41) is 2.90. The van der Waals surface area contributed by atoms with Crippen molar-refractivity contribution >= 4 is 33.2 Å². The number of nitrogens with zero attached hydrogens (tertiary/aromatic N) is 1. The van der Waals surface area contributed by atoms with Gasteiger partial charge in [0.1, 0.15) is 4.90 Å². The van der Waals surface area contributed by atoms with Gasteiger partial charge in [-0.15, -0.1) is 0 Å². The Kier molecular flexibility index (Phi) is 6.81. The molecular weight excluding hydrogens is 372 g/mol. The number of anilines is 1. The maximum absolute atomic E-state index is 12.7. The SMILES string of the molecule is CCc1cccc(NC(=O)c2ccc(Cl)c(S(=O)(=O)N(CC)CC)c2)c1. The Hall–Kier alpha value is -1.89. The van der Waals surface area contributed by atoms with Gasteiger partial charge in [0, 0.05) is 24.3 Å². The molecule has 140 valence electrons. The van der Waals surface area contributed by atoms with Crippen molar-refractivity contribution in [3.63, 3.8) is 0 Å². The lowest BCUT2D eigenvalue weighted by molar-refractivity contribution is 0.102. The van der Waals surface area contributed by atoms with Crippen LogP contribution in [0.2, 0.25) is 5.02 Å². The lowest BCUT2D eigenvalue weighted by Gasteiger charge is -2.19. The first kappa shape index (κ1) is 20.4. The average Bonchev–Trinajstić information content (AvgIpc) is 2.62. The zero-order valence-corrected chi connectivity index (χ0v) is 16.7. The van der Waals surface area contributed by atoms with E-state index in [9.17, 15) is 13.2 Å². The van der Waals surface area contributed by atoms with Gasteiger partial charge < -0.3 is 5.32 Å². The zero-order valence-electron chi connectivity index (χ0n) is 15.1. The number of aryl methyl sites for hydroxylation is 1. The fourth-order valence-corrected chi connectivity index (χ4v) is 4.58. The Labute approximate surface area is 160 Å². The summed E-state index contributed by atoms with van der Waals surface area (Å²) in [6, 6.07) is 11.8. The summed E-state index contributed by atoms with van der Waals surface area (Å²) in [6.07, 6.45) is 0.858. The standard InChI is InChI=1S/C19H23ClN2O3S/c1-4-14-8-7-9-16(12-14)21-19(23)15-10-11-17(20)18(13-15)26(24,25)22(5-2)6-3/h7-13H,4-6H2,1-3H3,(H,21,23). The first-order valence-corrected chi connectivity index (χ1v) is 10.3. The average molecular weight is 395 g/mol. The van der Waals surface area contributed by atoms with Crippen LogP contribution in [0.4, 0.5) is 5.69 Å². The molecule has 0 heterocycles. The van der Waals surface area contributed by atoms with Crippen LogP contribution in [0.15, 0.2) is 47.4 Å². The molecule has 0 aliphatic heterocycles. The van der Waals surface area contributed by atoms with Crippen molar-refractivity contribution in [2.45, 2.75) is 32.1 Å². The van der Waals surface area contributed by atoms with Gasteiger partial charge in [0.15, 0.2) is 0 Å². The molecular formula is C19H23ClN2O3S. The predicted octanol–water partition coefficient (Wildman–Crippen LogP) is 4.19. The van der Waals surface area contributed by atoms with Gasteiger partial charge in [0.2, 0.25) is 10.0 Å². The summed E-state index contributed by atoms with van der Waals surface area (Å²) < 4.78 is 26.8. The molecule has 7 heteroatoms. The highest BCUT2D eigenvalue weighted by molar-refractivity contribution is 7.89. The second-order valence-corrected chi connectivity index (χ2v) is 8.06. The Morgan fingerprint density at radius 1 is 1.08 bits per heavy atom. The van der Waals surface area contributed by atoms with Gasteiger partial charge in [0.25, 0.3) is 5.91 Å². The molecule has 2 aromatic carbocycles. The molecule has 0 aromatic heterocycles. The molecule has 0 radical (unpaired) electrons. The fourth-order valence-electron chi connectivity index (χ4n) is 2.62. The molecule has 5 nitrogen and oxygen atoms in total. The van der Waals surface area contributed by atoms with Crippen LogP contribution in [0, 0.1) is 0 Å². The van der Waals surface area contributed by atoms with Gasteiger partial charge >= 0.3 is 0 Å². The molecule has 2 rings (SSSR count). The number of carbonyl (C=O) groups excluding carboxylic acids is 1. The number of hydrogen-bond acceptors (Lipinski definition) is 3. The van der Waals surface area contributed by atoms with Crippen LogP contribution in [0.5, 0.6) is 0 Å². The molecule has 0 saturated heterocycles. The molecule has 0 fully saturated rings. The quantitative estimate of drug-likeness (QED) is 0.765.